The molecule has 0 bridgehead atoms. The van der Waals surface area contributed by atoms with Crippen molar-refractivity contribution in [2.24, 2.45) is 5.92 Å². The predicted octanol–water partition coefficient (Wildman–Crippen LogP) is 2.00. The van der Waals surface area contributed by atoms with Gasteiger partial charge in [-0.2, -0.15) is 0 Å². The summed E-state index contributed by atoms with van der Waals surface area (Å²) in [5.41, 5.74) is 8.16. The van der Waals surface area contributed by atoms with Crippen LogP contribution in [0.15, 0.2) is 6.20 Å². The lowest BCUT2D eigenvalue weighted by Crippen LogP contribution is -2.59. The van der Waals surface area contributed by atoms with E-state index in [0.717, 1.165) is 76.9 Å². The molecule has 3 atom stereocenters. The zero-order valence-corrected chi connectivity index (χ0v) is 19.8. The van der Waals surface area contributed by atoms with Gasteiger partial charge in [-0.1, -0.05) is 6.92 Å². The van der Waals surface area contributed by atoms with Crippen molar-refractivity contribution in [2.75, 3.05) is 52.6 Å². The number of rotatable bonds is 9. The van der Waals surface area contributed by atoms with Crippen LogP contribution in [-0.2, 0) is 12.8 Å². The highest BCUT2D eigenvalue weighted by atomic mass is 16.2. The van der Waals surface area contributed by atoms with Gasteiger partial charge in [-0.05, 0) is 84.1 Å². The Kier molecular flexibility index (Phi) is 8.49. The first-order chi connectivity index (χ1) is 14.9. The molecule has 1 aromatic rings. The first-order valence-corrected chi connectivity index (χ1v) is 12.0. The van der Waals surface area contributed by atoms with Crippen LogP contribution in [0.4, 0.5) is 10.7 Å². The standard InChI is InChI=1S/C23H41N7O/c1-5-9-30-16-19(26-23(31)29(6-2)11-8-7-10-28(3)4)12-17-13-20-18(14-21(17)30)15-25-22(24)27-20/h15,17,19,21H,5-14,16H2,1-4H3,(H,26,31)(H2,24,25,27)/t17-,19+,21?/m1/s1. The number of carbonyl (C=O) groups is 1. The normalized spacial score (nSPS) is 23.3. The van der Waals surface area contributed by atoms with E-state index in [-0.39, 0.29) is 12.1 Å². The summed E-state index contributed by atoms with van der Waals surface area (Å²) in [5.74, 6) is 0.846. The molecule has 2 aliphatic rings. The Balaban J connectivity index is 1.61. The lowest BCUT2D eigenvalue weighted by atomic mass is 9.76. The SMILES string of the molecule is CCCN1C[C@@H](NC(=O)N(CC)CCCCN(C)C)C[C@@H]2Cc3nc(N)ncc3CC21. The maximum Gasteiger partial charge on any atom is 0.317 e. The molecule has 0 spiro atoms. The highest BCUT2D eigenvalue weighted by molar-refractivity contribution is 5.74. The van der Waals surface area contributed by atoms with E-state index in [1.165, 1.54) is 5.56 Å². The summed E-state index contributed by atoms with van der Waals surface area (Å²) in [4.78, 5) is 28.4. The Hall–Kier alpha value is -1.93. The molecule has 2 amide bonds. The molecule has 3 N–H and O–H groups in total. The fourth-order valence-corrected chi connectivity index (χ4v) is 5.16. The molecule has 1 saturated heterocycles. The summed E-state index contributed by atoms with van der Waals surface area (Å²) in [6, 6.07) is 0.757. The number of fused-ring (bicyclic) bond motifs is 2. The topological polar surface area (TPSA) is 90.6 Å². The van der Waals surface area contributed by atoms with Crippen LogP contribution < -0.4 is 11.1 Å². The number of nitrogen functional groups attached to an aromatic ring is 1. The number of carbonyl (C=O) groups excluding carboxylic acids is 1. The molecule has 174 valence electrons. The molecule has 0 aromatic carbocycles. The number of nitrogens with two attached hydrogens (primary N) is 1. The molecule has 1 unspecified atom stereocenters. The van der Waals surface area contributed by atoms with Gasteiger partial charge in [-0.25, -0.2) is 14.8 Å². The minimum atomic E-state index is 0.0787. The van der Waals surface area contributed by atoms with Gasteiger partial charge in [0.1, 0.15) is 0 Å². The number of likely N-dealkylation sites (tertiary alicyclic amines) is 1. The Labute approximate surface area is 187 Å². The predicted molar refractivity (Wildman–Crippen MR) is 125 cm³/mol. The van der Waals surface area contributed by atoms with E-state index in [9.17, 15) is 4.79 Å². The average molecular weight is 432 g/mol. The second-order valence-corrected chi connectivity index (χ2v) is 9.40. The van der Waals surface area contributed by atoms with Gasteiger partial charge >= 0.3 is 6.03 Å². The van der Waals surface area contributed by atoms with E-state index in [4.69, 9.17) is 5.73 Å². The summed E-state index contributed by atoms with van der Waals surface area (Å²) in [7, 11) is 4.18. The molecule has 8 heteroatoms. The number of piperidine rings is 1. The van der Waals surface area contributed by atoms with Crippen LogP contribution in [0.2, 0.25) is 0 Å². The van der Waals surface area contributed by atoms with Crippen LogP contribution in [-0.4, -0.2) is 89.6 Å². The van der Waals surface area contributed by atoms with Crippen molar-refractivity contribution in [3.05, 3.63) is 17.5 Å². The number of hydrogen-bond donors (Lipinski definition) is 2. The van der Waals surface area contributed by atoms with Crippen LogP contribution in [0, 0.1) is 5.92 Å². The summed E-state index contributed by atoms with van der Waals surface area (Å²) in [6.07, 6.45) is 8.06. The third-order valence-corrected chi connectivity index (χ3v) is 6.70. The lowest BCUT2D eigenvalue weighted by Gasteiger charge is -2.47. The number of unbranched alkanes of at least 4 members (excludes halogenated alkanes) is 1. The van der Waals surface area contributed by atoms with E-state index >= 15 is 0 Å². The number of anilines is 1. The lowest BCUT2D eigenvalue weighted by molar-refractivity contribution is 0.0625. The molecular weight excluding hydrogens is 390 g/mol. The maximum atomic E-state index is 13.0. The van der Waals surface area contributed by atoms with Crippen molar-refractivity contribution in [1.82, 2.24) is 30.0 Å². The number of aromatic nitrogens is 2. The van der Waals surface area contributed by atoms with E-state index in [2.05, 4.69) is 53.0 Å². The molecule has 8 nitrogen and oxygen atoms in total. The van der Waals surface area contributed by atoms with Crippen molar-refractivity contribution in [3.63, 3.8) is 0 Å². The largest absolute Gasteiger partial charge is 0.368 e. The Morgan fingerprint density at radius 1 is 1.26 bits per heavy atom. The van der Waals surface area contributed by atoms with Crippen molar-refractivity contribution >= 4 is 12.0 Å². The van der Waals surface area contributed by atoms with Crippen LogP contribution >= 0.6 is 0 Å². The summed E-state index contributed by atoms with van der Waals surface area (Å²) >= 11 is 0. The second kappa shape index (κ2) is 11.1. The minimum absolute atomic E-state index is 0.0787. The van der Waals surface area contributed by atoms with E-state index < -0.39 is 0 Å². The molecule has 1 aliphatic heterocycles. The number of nitrogens with zero attached hydrogens (tertiary/aromatic N) is 5. The number of amides is 2. The van der Waals surface area contributed by atoms with Crippen LogP contribution in [0.25, 0.3) is 0 Å². The number of urea groups is 1. The number of hydrogen-bond acceptors (Lipinski definition) is 6. The molecule has 3 rings (SSSR count). The smallest absolute Gasteiger partial charge is 0.317 e. The minimum Gasteiger partial charge on any atom is -0.368 e. The first-order valence-electron chi connectivity index (χ1n) is 12.0. The molecule has 31 heavy (non-hydrogen) atoms. The second-order valence-electron chi connectivity index (χ2n) is 9.40. The summed E-state index contributed by atoms with van der Waals surface area (Å²) in [6.45, 7) is 8.89. The van der Waals surface area contributed by atoms with Crippen LogP contribution in [0.5, 0.6) is 0 Å². The summed E-state index contributed by atoms with van der Waals surface area (Å²) in [5, 5.41) is 3.35. The molecule has 1 fully saturated rings. The molecular formula is C23H41N7O. The highest BCUT2D eigenvalue weighted by Gasteiger charge is 2.40. The zero-order chi connectivity index (χ0) is 22.4. The van der Waals surface area contributed by atoms with Gasteiger partial charge < -0.3 is 20.9 Å². The van der Waals surface area contributed by atoms with Gasteiger partial charge in [-0.3, -0.25) is 4.90 Å². The zero-order valence-electron chi connectivity index (χ0n) is 19.8. The monoisotopic (exact) mass is 431 g/mol. The van der Waals surface area contributed by atoms with Gasteiger partial charge in [0.15, 0.2) is 0 Å². The van der Waals surface area contributed by atoms with Crippen LogP contribution in [0.1, 0.15) is 50.8 Å². The van der Waals surface area contributed by atoms with Gasteiger partial charge in [0.05, 0.1) is 0 Å². The fraction of sp³-hybridized carbons (Fsp3) is 0.783. The van der Waals surface area contributed by atoms with Crippen molar-refractivity contribution < 1.29 is 4.79 Å². The van der Waals surface area contributed by atoms with Crippen molar-refractivity contribution in [3.8, 4) is 0 Å². The highest BCUT2D eigenvalue weighted by Crippen LogP contribution is 2.34. The maximum absolute atomic E-state index is 13.0. The average Bonchev–Trinajstić information content (AvgIpc) is 2.72. The molecule has 1 aromatic heterocycles. The quantitative estimate of drug-likeness (QED) is 0.581. The number of nitrogens with one attached hydrogen (secondary N) is 1. The van der Waals surface area contributed by atoms with Gasteiger partial charge in [0, 0.05) is 43.6 Å². The molecule has 0 radical (unpaired) electrons. The van der Waals surface area contributed by atoms with E-state index in [1.54, 1.807) is 0 Å². The molecule has 2 heterocycles. The Morgan fingerprint density at radius 3 is 2.74 bits per heavy atom. The third kappa shape index (κ3) is 6.29. The fourth-order valence-electron chi connectivity index (χ4n) is 5.16. The van der Waals surface area contributed by atoms with Gasteiger partial charge in [0.2, 0.25) is 5.95 Å². The molecule has 0 saturated carbocycles. The van der Waals surface area contributed by atoms with Crippen molar-refractivity contribution in [1.29, 1.82) is 0 Å². The van der Waals surface area contributed by atoms with Gasteiger partial charge in [-0.15, -0.1) is 0 Å². The third-order valence-electron chi connectivity index (χ3n) is 6.70. The first kappa shape index (κ1) is 23.7. The Bertz CT molecular complexity index is 726. The van der Waals surface area contributed by atoms with Gasteiger partial charge in [0.25, 0.3) is 0 Å². The Morgan fingerprint density at radius 2 is 2.03 bits per heavy atom. The van der Waals surface area contributed by atoms with E-state index in [0.29, 0.717) is 17.9 Å². The van der Waals surface area contributed by atoms with Crippen molar-refractivity contribution in [2.45, 2.75) is 64.5 Å². The summed E-state index contributed by atoms with van der Waals surface area (Å²) < 4.78 is 0. The van der Waals surface area contributed by atoms with E-state index in [1.807, 2.05) is 11.1 Å². The molecule has 1 aliphatic carbocycles. The van der Waals surface area contributed by atoms with Crippen LogP contribution in [0.3, 0.4) is 0 Å².